The van der Waals surface area contributed by atoms with Crippen LogP contribution in [0.2, 0.25) is 0 Å². The minimum absolute atomic E-state index is 0.336. The van der Waals surface area contributed by atoms with Gasteiger partial charge in [0.15, 0.2) is 0 Å². The van der Waals surface area contributed by atoms with Gasteiger partial charge in [-0.15, -0.1) is 0 Å². The van der Waals surface area contributed by atoms with Crippen LogP contribution in [0, 0.1) is 5.82 Å². The molecule has 0 aromatic heterocycles. The fraction of sp³-hybridized carbons (Fsp3) is 0.158. The Morgan fingerprint density at radius 1 is 1.12 bits per heavy atom. The maximum Gasteiger partial charge on any atom is 0.298 e. The molecule has 1 heterocycles. The van der Waals surface area contributed by atoms with E-state index in [1.807, 2.05) is 6.92 Å². The molecule has 0 atom stereocenters. The van der Waals surface area contributed by atoms with E-state index in [1.54, 1.807) is 43.3 Å². The van der Waals surface area contributed by atoms with Crippen LogP contribution < -0.4 is 9.64 Å². The molecule has 0 bridgehead atoms. The molecule has 3 rings (SSSR count). The van der Waals surface area contributed by atoms with Gasteiger partial charge in [0.05, 0.1) is 17.2 Å². The Kier molecular flexibility index (Phi) is 4.90. The van der Waals surface area contributed by atoms with E-state index in [9.17, 15) is 14.0 Å². The van der Waals surface area contributed by atoms with Crippen molar-refractivity contribution in [1.82, 2.24) is 0 Å². The van der Waals surface area contributed by atoms with Crippen molar-refractivity contribution >= 4 is 34.2 Å². The topological polar surface area (TPSA) is 46.6 Å². The summed E-state index contributed by atoms with van der Waals surface area (Å²) in [5.41, 5.74) is 1.76. The second-order valence-electron chi connectivity index (χ2n) is 5.37. The number of benzene rings is 2. The number of imide groups is 1. The van der Waals surface area contributed by atoms with Crippen molar-refractivity contribution in [2.24, 2.45) is 0 Å². The number of halogens is 1. The number of hydrogen-bond donors (Lipinski definition) is 0. The lowest BCUT2D eigenvalue weighted by molar-refractivity contribution is -0.113. The number of anilines is 1. The first-order valence-electron chi connectivity index (χ1n) is 7.77. The van der Waals surface area contributed by atoms with E-state index in [0.717, 1.165) is 16.7 Å². The summed E-state index contributed by atoms with van der Waals surface area (Å²) >= 11 is 0.878. The number of nitrogens with zero attached hydrogens (tertiary/aromatic N) is 1. The molecule has 1 aliphatic rings. The third-order valence-electron chi connectivity index (χ3n) is 3.79. The fourth-order valence-corrected chi connectivity index (χ4v) is 3.45. The SMILES string of the molecule is CCOc1ccccc1N1C(=O)S/C(=C(/C)c2ccc(F)cc2)C1=O. The predicted octanol–water partition coefficient (Wildman–Crippen LogP) is 4.86. The monoisotopic (exact) mass is 357 g/mol. The minimum Gasteiger partial charge on any atom is -0.492 e. The molecule has 1 saturated heterocycles. The number of para-hydroxylation sites is 2. The molecule has 2 amide bonds. The second kappa shape index (κ2) is 7.11. The number of allylic oxidation sites excluding steroid dienone is 1. The number of rotatable bonds is 4. The average Bonchev–Trinajstić information content (AvgIpc) is 2.90. The molecule has 1 fully saturated rings. The molecular weight excluding hydrogens is 341 g/mol. The largest absolute Gasteiger partial charge is 0.492 e. The van der Waals surface area contributed by atoms with Crippen LogP contribution in [0.4, 0.5) is 14.9 Å². The van der Waals surface area contributed by atoms with Gasteiger partial charge >= 0.3 is 0 Å². The first-order chi connectivity index (χ1) is 12.0. The van der Waals surface area contributed by atoms with Crippen LogP contribution >= 0.6 is 11.8 Å². The summed E-state index contributed by atoms with van der Waals surface area (Å²) in [5, 5.41) is -0.381. The highest BCUT2D eigenvalue weighted by molar-refractivity contribution is 8.19. The molecule has 1 aliphatic heterocycles. The summed E-state index contributed by atoms with van der Waals surface area (Å²) < 4.78 is 18.6. The van der Waals surface area contributed by atoms with E-state index in [4.69, 9.17) is 4.74 Å². The summed E-state index contributed by atoms with van der Waals surface area (Å²) in [6.07, 6.45) is 0. The Morgan fingerprint density at radius 2 is 1.80 bits per heavy atom. The Bertz CT molecular complexity index is 861. The standard InChI is InChI=1S/C19H16FNO3S/c1-3-24-16-7-5-4-6-15(16)21-18(22)17(25-19(21)23)12(2)13-8-10-14(20)11-9-13/h4-11H,3H2,1-2H3/b17-12-. The summed E-state index contributed by atoms with van der Waals surface area (Å²) in [4.78, 5) is 26.8. The van der Waals surface area contributed by atoms with Crippen molar-refractivity contribution in [3.8, 4) is 5.75 Å². The number of ether oxygens (including phenoxy) is 1. The Labute approximate surface area is 149 Å². The zero-order chi connectivity index (χ0) is 18.0. The van der Waals surface area contributed by atoms with Gasteiger partial charge in [-0.25, -0.2) is 9.29 Å². The fourth-order valence-electron chi connectivity index (χ4n) is 2.56. The van der Waals surface area contributed by atoms with Gasteiger partial charge < -0.3 is 4.74 Å². The molecule has 0 spiro atoms. The normalized spacial score (nSPS) is 16.4. The summed E-state index contributed by atoms with van der Waals surface area (Å²) in [5.74, 6) is -0.271. The van der Waals surface area contributed by atoms with E-state index in [1.165, 1.54) is 12.1 Å². The molecular formula is C19H16FNO3S. The third-order valence-corrected chi connectivity index (χ3v) is 4.84. The number of amides is 2. The van der Waals surface area contributed by atoms with Gasteiger partial charge in [-0.05, 0) is 61.0 Å². The molecule has 4 nitrogen and oxygen atoms in total. The quantitative estimate of drug-likeness (QED) is 0.734. The summed E-state index contributed by atoms with van der Waals surface area (Å²) in [6.45, 7) is 4.01. The molecule has 0 unspecified atom stereocenters. The molecule has 0 saturated carbocycles. The van der Waals surface area contributed by atoms with Crippen molar-refractivity contribution in [1.29, 1.82) is 0 Å². The Morgan fingerprint density at radius 3 is 2.48 bits per heavy atom. The lowest BCUT2D eigenvalue weighted by Crippen LogP contribution is -2.28. The second-order valence-corrected chi connectivity index (χ2v) is 6.33. The number of carbonyl (C=O) groups excluding carboxylic acids is 2. The minimum atomic E-state index is -0.399. The molecule has 0 N–H and O–H groups in total. The van der Waals surface area contributed by atoms with Crippen LogP contribution in [0.15, 0.2) is 53.4 Å². The molecule has 0 aliphatic carbocycles. The van der Waals surface area contributed by atoms with E-state index in [-0.39, 0.29) is 11.1 Å². The van der Waals surface area contributed by atoms with Gasteiger partial charge in [-0.3, -0.25) is 9.59 Å². The van der Waals surface area contributed by atoms with Crippen LogP contribution in [0.5, 0.6) is 5.75 Å². The molecule has 2 aromatic carbocycles. The van der Waals surface area contributed by atoms with E-state index in [0.29, 0.717) is 34.1 Å². The van der Waals surface area contributed by atoms with Crippen LogP contribution in [-0.4, -0.2) is 17.8 Å². The van der Waals surface area contributed by atoms with Gasteiger partial charge in [0.1, 0.15) is 11.6 Å². The maximum absolute atomic E-state index is 13.1. The van der Waals surface area contributed by atoms with Crippen molar-refractivity contribution in [3.05, 3.63) is 64.8 Å². The zero-order valence-electron chi connectivity index (χ0n) is 13.8. The predicted molar refractivity (Wildman–Crippen MR) is 97.1 cm³/mol. The van der Waals surface area contributed by atoms with Gasteiger partial charge in [0.2, 0.25) is 0 Å². The third kappa shape index (κ3) is 3.30. The molecule has 128 valence electrons. The highest BCUT2D eigenvalue weighted by Gasteiger charge is 2.39. The van der Waals surface area contributed by atoms with Crippen molar-refractivity contribution < 1.29 is 18.7 Å². The van der Waals surface area contributed by atoms with Crippen LogP contribution in [0.25, 0.3) is 5.57 Å². The Balaban J connectivity index is 2.01. The first-order valence-corrected chi connectivity index (χ1v) is 8.59. The average molecular weight is 357 g/mol. The molecule has 6 heteroatoms. The highest BCUT2D eigenvalue weighted by Crippen LogP contribution is 2.41. The van der Waals surface area contributed by atoms with Gasteiger partial charge in [0.25, 0.3) is 11.1 Å². The molecule has 0 radical (unpaired) electrons. The van der Waals surface area contributed by atoms with Gasteiger partial charge in [0, 0.05) is 0 Å². The van der Waals surface area contributed by atoms with Gasteiger partial charge in [-0.2, -0.15) is 0 Å². The first kappa shape index (κ1) is 17.2. The van der Waals surface area contributed by atoms with Crippen LogP contribution in [-0.2, 0) is 4.79 Å². The smallest absolute Gasteiger partial charge is 0.298 e. The lowest BCUT2D eigenvalue weighted by atomic mass is 10.1. The van der Waals surface area contributed by atoms with Crippen LogP contribution in [0.3, 0.4) is 0 Å². The van der Waals surface area contributed by atoms with Crippen LogP contribution in [0.1, 0.15) is 19.4 Å². The van der Waals surface area contributed by atoms with E-state index < -0.39 is 5.91 Å². The van der Waals surface area contributed by atoms with Crippen molar-refractivity contribution in [2.45, 2.75) is 13.8 Å². The van der Waals surface area contributed by atoms with Crippen molar-refractivity contribution in [2.75, 3.05) is 11.5 Å². The number of hydrogen-bond acceptors (Lipinski definition) is 4. The number of thioether (sulfide) groups is 1. The highest BCUT2D eigenvalue weighted by atomic mass is 32.2. The zero-order valence-corrected chi connectivity index (χ0v) is 14.6. The van der Waals surface area contributed by atoms with Gasteiger partial charge in [-0.1, -0.05) is 24.3 Å². The summed E-state index contributed by atoms with van der Waals surface area (Å²) in [7, 11) is 0. The van der Waals surface area contributed by atoms with E-state index in [2.05, 4.69) is 0 Å². The number of carbonyl (C=O) groups is 2. The molecule has 25 heavy (non-hydrogen) atoms. The van der Waals surface area contributed by atoms with E-state index >= 15 is 0 Å². The lowest BCUT2D eigenvalue weighted by Gasteiger charge is -2.17. The van der Waals surface area contributed by atoms with Crippen molar-refractivity contribution in [3.63, 3.8) is 0 Å². The maximum atomic E-state index is 13.1. The Hall–Kier alpha value is -2.60. The summed E-state index contributed by atoms with van der Waals surface area (Å²) in [6, 6.07) is 12.8. The molecule has 2 aromatic rings.